The van der Waals surface area contributed by atoms with Gasteiger partial charge in [0.1, 0.15) is 0 Å². The molecule has 0 radical (unpaired) electrons. The number of halogens is 1. The number of hydrogen-bond acceptors (Lipinski definition) is 5. The summed E-state index contributed by atoms with van der Waals surface area (Å²) in [5, 5.41) is 15.8. The van der Waals surface area contributed by atoms with Gasteiger partial charge in [-0.05, 0) is 18.6 Å². The Balaban J connectivity index is 1.59. The van der Waals surface area contributed by atoms with Gasteiger partial charge in [-0.25, -0.2) is 0 Å². The highest BCUT2D eigenvalue weighted by molar-refractivity contribution is 6.30. The van der Waals surface area contributed by atoms with Gasteiger partial charge in [-0.1, -0.05) is 28.9 Å². The van der Waals surface area contributed by atoms with E-state index in [2.05, 4.69) is 15.5 Å². The molecule has 1 aromatic heterocycles. The highest BCUT2D eigenvalue weighted by atomic mass is 35.5. The third kappa shape index (κ3) is 3.09. The summed E-state index contributed by atoms with van der Waals surface area (Å²) in [4.78, 5) is 26.6. The minimum atomic E-state index is -0.943. The van der Waals surface area contributed by atoms with Crippen molar-refractivity contribution in [2.45, 2.75) is 13.0 Å². The molecule has 1 fully saturated rings. The van der Waals surface area contributed by atoms with Gasteiger partial charge < -0.3 is 14.9 Å². The molecule has 1 aliphatic rings. The number of benzene rings is 1. The van der Waals surface area contributed by atoms with Crippen LogP contribution < -0.4 is 5.32 Å². The molecule has 1 saturated carbocycles. The van der Waals surface area contributed by atoms with Crippen molar-refractivity contribution in [2.75, 3.05) is 0 Å². The quantitative estimate of drug-likeness (QED) is 0.868. The van der Waals surface area contributed by atoms with E-state index in [1.807, 2.05) is 0 Å². The minimum absolute atomic E-state index is 0.0647. The molecule has 2 unspecified atom stereocenters. The summed E-state index contributed by atoms with van der Waals surface area (Å²) >= 11 is 5.89. The fraction of sp³-hybridized carbons (Fsp3) is 0.286. The number of aliphatic carboxylic acids is 1. The van der Waals surface area contributed by atoms with Crippen LogP contribution in [0.3, 0.4) is 0 Å². The highest BCUT2D eigenvalue weighted by Gasteiger charge is 2.48. The predicted octanol–water partition coefficient (Wildman–Crippen LogP) is 1.73. The first kappa shape index (κ1) is 14.5. The number of rotatable bonds is 5. The van der Waals surface area contributed by atoms with Gasteiger partial charge >= 0.3 is 5.97 Å². The maximum atomic E-state index is 11.7. The van der Waals surface area contributed by atoms with Crippen LogP contribution in [-0.4, -0.2) is 27.1 Å². The molecule has 0 bridgehead atoms. The maximum Gasteiger partial charge on any atom is 0.307 e. The highest BCUT2D eigenvalue weighted by Crippen LogP contribution is 2.38. The lowest BCUT2D eigenvalue weighted by Gasteiger charge is -1.99. The third-order valence-corrected chi connectivity index (χ3v) is 3.64. The second-order valence-electron chi connectivity index (χ2n) is 5.03. The van der Waals surface area contributed by atoms with Crippen molar-refractivity contribution in [2.24, 2.45) is 11.8 Å². The van der Waals surface area contributed by atoms with Crippen molar-refractivity contribution in [3.05, 3.63) is 35.2 Å². The van der Waals surface area contributed by atoms with Gasteiger partial charge in [-0.15, -0.1) is 0 Å². The predicted molar refractivity (Wildman–Crippen MR) is 75.8 cm³/mol. The van der Waals surface area contributed by atoms with E-state index in [-0.39, 0.29) is 18.3 Å². The zero-order valence-electron chi connectivity index (χ0n) is 11.3. The standard InChI is InChI=1S/C14H12ClN3O4/c15-8-3-1-2-7(4-8)12-17-11(22-18-12)6-16-13(19)9-5-10(9)14(20)21/h1-4,9-10H,5-6H2,(H,16,19)(H,20,21). The molecule has 1 heterocycles. The number of amides is 1. The number of aromatic nitrogens is 2. The molecule has 22 heavy (non-hydrogen) atoms. The summed E-state index contributed by atoms with van der Waals surface area (Å²) in [5.74, 6) is -1.67. The number of hydrogen-bond donors (Lipinski definition) is 2. The SMILES string of the molecule is O=C(O)C1CC1C(=O)NCc1nc(-c2cccc(Cl)c2)no1. The summed E-state index contributed by atoms with van der Waals surface area (Å²) in [6.07, 6.45) is 0.374. The van der Waals surface area contributed by atoms with E-state index in [4.69, 9.17) is 21.2 Å². The molecule has 1 aliphatic carbocycles. The average Bonchev–Trinajstić information content (AvgIpc) is 3.16. The summed E-state index contributed by atoms with van der Waals surface area (Å²) in [6.45, 7) is 0.0647. The van der Waals surface area contributed by atoms with Crippen LogP contribution in [0.25, 0.3) is 11.4 Å². The lowest BCUT2D eigenvalue weighted by molar-refractivity contribution is -0.140. The lowest BCUT2D eigenvalue weighted by Crippen LogP contribution is -2.26. The second kappa shape index (κ2) is 5.76. The van der Waals surface area contributed by atoms with Crippen LogP contribution in [0.4, 0.5) is 0 Å². The fourth-order valence-corrected chi connectivity index (χ4v) is 2.31. The number of nitrogens with zero attached hydrogens (tertiary/aromatic N) is 2. The van der Waals surface area contributed by atoms with Crippen molar-refractivity contribution in [1.82, 2.24) is 15.5 Å². The van der Waals surface area contributed by atoms with Crippen molar-refractivity contribution in [3.8, 4) is 11.4 Å². The normalized spacial score (nSPS) is 19.7. The van der Waals surface area contributed by atoms with Gasteiger partial charge in [0.05, 0.1) is 18.4 Å². The summed E-state index contributed by atoms with van der Waals surface area (Å²) in [7, 11) is 0. The van der Waals surface area contributed by atoms with E-state index in [1.165, 1.54) is 0 Å². The molecule has 1 aromatic carbocycles. The van der Waals surface area contributed by atoms with Crippen LogP contribution in [0.15, 0.2) is 28.8 Å². The van der Waals surface area contributed by atoms with E-state index < -0.39 is 17.8 Å². The molecule has 3 rings (SSSR count). The molecule has 1 amide bonds. The van der Waals surface area contributed by atoms with Gasteiger partial charge in [0.25, 0.3) is 0 Å². The number of carbonyl (C=O) groups excluding carboxylic acids is 1. The molecule has 0 aliphatic heterocycles. The average molecular weight is 322 g/mol. The first-order valence-corrected chi connectivity index (χ1v) is 7.01. The van der Waals surface area contributed by atoms with Crippen LogP contribution in [0.2, 0.25) is 5.02 Å². The Morgan fingerprint density at radius 3 is 2.91 bits per heavy atom. The molecule has 2 N–H and O–H groups in total. The molecule has 2 atom stereocenters. The molecule has 8 heteroatoms. The zero-order chi connectivity index (χ0) is 15.7. The van der Waals surface area contributed by atoms with E-state index in [1.54, 1.807) is 24.3 Å². The topological polar surface area (TPSA) is 105 Å². The minimum Gasteiger partial charge on any atom is -0.481 e. The lowest BCUT2D eigenvalue weighted by atomic mass is 10.2. The number of carboxylic acids is 1. The summed E-state index contributed by atoms with van der Waals surface area (Å²) < 4.78 is 5.05. The number of nitrogens with one attached hydrogen (secondary N) is 1. The molecule has 0 saturated heterocycles. The first-order valence-electron chi connectivity index (χ1n) is 6.63. The van der Waals surface area contributed by atoms with E-state index in [0.717, 1.165) is 0 Å². The first-order chi connectivity index (χ1) is 10.5. The zero-order valence-corrected chi connectivity index (χ0v) is 12.1. The van der Waals surface area contributed by atoms with Crippen LogP contribution in [0.1, 0.15) is 12.3 Å². The van der Waals surface area contributed by atoms with Crippen LogP contribution >= 0.6 is 11.6 Å². The van der Waals surface area contributed by atoms with Gasteiger partial charge in [0.15, 0.2) is 0 Å². The van der Waals surface area contributed by atoms with E-state index in [0.29, 0.717) is 22.8 Å². The fourth-order valence-electron chi connectivity index (χ4n) is 2.12. The van der Waals surface area contributed by atoms with Gasteiger partial charge in [-0.3, -0.25) is 9.59 Å². The second-order valence-corrected chi connectivity index (χ2v) is 5.46. The monoisotopic (exact) mass is 321 g/mol. The summed E-state index contributed by atoms with van der Waals surface area (Å²) in [6, 6.07) is 7.01. The maximum absolute atomic E-state index is 11.7. The Morgan fingerprint density at radius 1 is 1.41 bits per heavy atom. The van der Waals surface area contributed by atoms with Crippen LogP contribution in [0.5, 0.6) is 0 Å². The van der Waals surface area contributed by atoms with Gasteiger partial charge in [-0.2, -0.15) is 4.98 Å². The van der Waals surface area contributed by atoms with Crippen molar-refractivity contribution >= 4 is 23.5 Å². The number of carboxylic acid groups (broad SMARTS) is 1. The summed E-state index contributed by atoms with van der Waals surface area (Å²) in [5.41, 5.74) is 0.710. The van der Waals surface area contributed by atoms with Crippen LogP contribution in [0, 0.1) is 11.8 Å². The largest absolute Gasteiger partial charge is 0.481 e. The number of carbonyl (C=O) groups is 2. The smallest absolute Gasteiger partial charge is 0.307 e. The molecule has 2 aromatic rings. The molecular formula is C14H12ClN3O4. The Kier molecular flexibility index (Phi) is 3.81. The Morgan fingerprint density at radius 2 is 2.23 bits per heavy atom. The van der Waals surface area contributed by atoms with Gasteiger partial charge in [0.2, 0.25) is 17.6 Å². The molecule has 0 spiro atoms. The molecule has 7 nitrogen and oxygen atoms in total. The van der Waals surface area contributed by atoms with Crippen molar-refractivity contribution in [3.63, 3.8) is 0 Å². The van der Waals surface area contributed by atoms with Gasteiger partial charge in [0, 0.05) is 10.6 Å². The Bertz CT molecular complexity index is 730. The van der Waals surface area contributed by atoms with Crippen molar-refractivity contribution < 1.29 is 19.2 Å². The van der Waals surface area contributed by atoms with Crippen molar-refractivity contribution in [1.29, 1.82) is 0 Å². The Hall–Kier alpha value is -2.41. The molecule has 114 valence electrons. The molecular weight excluding hydrogens is 310 g/mol. The third-order valence-electron chi connectivity index (χ3n) is 3.41. The van der Waals surface area contributed by atoms with Crippen LogP contribution in [-0.2, 0) is 16.1 Å². The van der Waals surface area contributed by atoms with E-state index in [9.17, 15) is 9.59 Å². The Labute approximate surface area is 130 Å². The van der Waals surface area contributed by atoms with E-state index >= 15 is 0 Å².